The maximum Gasteiger partial charge on any atom is 0.272 e. The van der Waals surface area contributed by atoms with E-state index in [2.05, 4.69) is 34.8 Å². The highest BCUT2D eigenvalue weighted by Crippen LogP contribution is 2.28. The lowest BCUT2D eigenvalue weighted by Crippen LogP contribution is -2.54. The summed E-state index contributed by atoms with van der Waals surface area (Å²) in [5, 5.41) is 0. The first kappa shape index (κ1) is 19.6. The number of pyridine rings is 1. The van der Waals surface area contributed by atoms with Gasteiger partial charge in [-0.25, -0.2) is 4.98 Å². The number of likely N-dealkylation sites (tertiary alicyclic amines) is 1. The fourth-order valence-corrected chi connectivity index (χ4v) is 2.45. The molecule has 2 rings (SSSR count). The summed E-state index contributed by atoms with van der Waals surface area (Å²) in [4.78, 5) is 18.3. The molecular formula is C13H20BrCl2N3O. The van der Waals surface area contributed by atoms with Crippen LogP contribution in [-0.4, -0.2) is 34.9 Å². The predicted octanol–water partition coefficient (Wildman–Crippen LogP) is 2.89. The van der Waals surface area contributed by atoms with E-state index in [1.807, 2.05) is 11.0 Å². The maximum atomic E-state index is 12.3. The quantitative estimate of drug-likeness (QED) is 0.809. The van der Waals surface area contributed by atoms with Crippen LogP contribution in [0.3, 0.4) is 0 Å². The van der Waals surface area contributed by atoms with Crippen LogP contribution in [0, 0.1) is 5.41 Å². The summed E-state index contributed by atoms with van der Waals surface area (Å²) in [7, 11) is 0. The van der Waals surface area contributed by atoms with Crippen molar-refractivity contribution in [1.29, 1.82) is 0 Å². The second-order valence-corrected chi connectivity index (χ2v) is 6.39. The van der Waals surface area contributed by atoms with E-state index in [4.69, 9.17) is 5.73 Å². The van der Waals surface area contributed by atoms with Gasteiger partial charge < -0.3 is 10.6 Å². The van der Waals surface area contributed by atoms with Gasteiger partial charge in [0.25, 0.3) is 5.91 Å². The number of carbonyl (C=O) groups excluding carboxylic acids is 1. The van der Waals surface area contributed by atoms with E-state index in [0.717, 1.165) is 10.9 Å². The third-order valence-electron chi connectivity index (χ3n) is 3.55. The molecule has 0 spiro atoms. The molecule has 0 bridgehead atoms. The Hall–Kier alpha value is -0.360. The van der Waals surface area contributed by atoms with Crippen LogP contribution >= 0.6 is 40.7 Å². The summed E-state index contributed by atoms with van der Waals surface area (Å²) in [6.45, 7) is 5.60. The smallest absolute Gasteiger partial charge is 0.272 e. The first-order chi connectivity index (χ1) is 8.40. The van der Waals surface area contributed by atoms with Gasteiger partial charge in [0.05, 0.1) is 0 Å². The van der Waals surface area contributed by atoms with Gasteiger partial charge in [0.15, 0.2) is 0 Å². The Balaban J connectivity index is 0.00000180. The minimum absolute atomic E-state index is 0. The number of halogens is 3. The van der Waals surface area contributed by atoms with Crippen LogP contribution in [-0.2, 0) is 0 Å². The first-order valence-electron chi connectivity index (χ1n) is 6.06. The lowest BCUT2D eigenvalue weighted by molar-refractivity contribution is 0.0527. The molecule has 2 heterocycles. The Morgan fingerprint density at radius 3 is 2.60 bits per heavy atom. The number of nitrogens with two attached hydrogens (primary N) is 1. The van der Waals surface area contributed by atoms with Crippen molar-refractivity contribution in [3.8, 4) is 0 Å². The molecule has 2 N–H and O–H groups in total. The number of nitrogens with zero attached hydrogens (tertiary/aromatic N) is 2. The third-order valence-corrected chi connectivity index (χ3v) is 4.01. The number of aromatic nitrogens is 1. The zero-order valence-electron chi connectivity index (χ0n) is 11.5. The fraction of sp³-hybridized carbons (Fsp3) is 0.538. The summed E-state index contributed by atoms with van der Waals surface area (Å²) in [6, 6.07) is 3.73. The van der Waals surface area contributed by atoms with Crippen molar-refractivity contribution in [2.75, 3.05) is 13.1 Å². The van der Waals surface area contributed by atoms with E-state index >= 15 is 0 Å². The van der Waals surface area contributed by atoms with Gasteiger partial charge in [-0.1, -0.05) is 13.8 Å². The highest BCUT2D eigenvalue weighted by molar-refractivity contribution is 9.10. The molecule has 1 fully saturated rings. The number of hydrogen-bond donors (Lipinski definition) is 1. The van der Waals surface area contributed by atoms with Crippen molar-refractivity contribution in [2.45, 2.75) is 26.3 Å². The summed E-state index contributed by atoms with van der Waals surface area (Å²) >= 11 is 3.31. The van der Waals surface area contributed by atoms with Crippen molar-refractivity contribution in [3.63, 3.8) is 0 Å². The molecule has 1 atom stereocenters. The number of rotatable bonds is 1. The molecule has 0 aromatic carbocycles. The molecule has 1 aromatic rings. The molecular weight excluding hydrogens is 365 g/mol. The molecule has 0 radical (unpaired) electrons. The highest BCUT2D eigenvalue weighted by atomic mass is 79.9. The zero-order chi connectivity index (χ0) is 13.3. The number of amides is 1. The number of hydrogen-bond acceptors (Lipinski definition) is 3. The van der Waals surface area contributed by atoms with Crippen LogP contribution in [0.25, 0.3) is 0 Å². The molecule has 7 heteroatoms. The van der Waals surface area contributed by atoms with Gasteiger partial charge >= 0.3 is 0 Å². The molecule has 20 heavy (non-hydrogen) atoms. The maximum absolute atomic E-state index is 12.3. The Morgan fingerprint density at radius 2 is 2.10 bits per heavy atom. The molecule has 1 aliphatic rings. The van der Waals surface area contributed by atoms with E-state index in [-0.39, 0.29) is 42.2 Å². The van der Waals surface area contributed by atoms with Crippen LogP contribution in [0.5, 0.6) is 0 Å². The van der Waals surface area contributed by atoms with Gasteiger partial charge in [0.2, 0.25) is 0 Å². The summed E-state index contributed by atoms with van der Waals surface area (Å²) < 4.78 is 0.875. The van der Waals surface area contributed by atoms with Crippen molar-refractivity contribution in [1.82, 2.24) is 9.88 Å². The van der Waals surface area contributed by atoms with Gasteiger partial charge in [-0.05, 0) is 39.9 Å². The van der Waals surface area contributed by atoms with Gasteiger partial charge in [0, 0.05) is 29.8 Å². The molecule has 4 nitrogen and oxygen atoms in total. The van der Waals surface area contributed by atoms with E-state index < -0.39 is 0 Å². The van der Waals surface area contributed by atoms with Crippen LogP contribution in [0.1, 0.15) is 30.8 Å². The average molecular weight is 385 g/mol. The molecule has 114 valence electrons. The fourth-order valence-electron chi connectivity index (χ4n) is 2.21. The monoisotopic (exact) mass is 383 g/mol. The van der Waals surface area contributed by atoms with Crippen molar-refractivity contribution >= 4 is 46.7 Å². The minimum atomic E-state index is -0.0384. The SMILES string of the molecule is CC1(C)CN(C(=O)c2ccc(Br)cn2)CCC1N.Cl.Cl. The Labute approximate surface area is 140 Å². The Morgan fingerprint density at radius 1 is 1.45 bits per heavy atom. The Bertz CT molecular complexity index is 453. The minimum Gasteiger partial charge on any atom is -0.337 e. The van der Waals surface area contributed by atoms with E-state index in [1.54, 1.807) is 12.3 Å². The molecule has 1 aliphatic heterocycles. The number of piperidine rings is 1. The number of carbonyl (C=O) groups is 1. The third kappa shape index (κ3) is 4.32. The lowest BCUT2D eigenvalue weighted by atomic mass is 9.79. The van der Waals surface area contributed by atoms with Crippen LogP contribution in [0.15, 0.2) is 22.8 Å². The van der Waals surface area contributed by atoms with Crippen molar-refractivity contribution < 1.29 is 4.79 Å². The highest BCUT2D eigenvalue weighted by Gasteiger charge is 2.35. The molecule has 0 aliphatic carbocycles. The summed E-state index contributed by atoms with van der Waals surface area (Å²) in [5.41, 5.74) is 6.53. The van der Waals surface area contributed by atoms with Gasteiger partial charge in [-0.15, -0.1) is 24.8 Å². The van der Waals surface area contributed by atoms with Crippen LogP contribution in [0.4, 0.5) is 0 Å². The van der Waals surface area contributed by atoms with Crippen LogP contribution in [0.2, 0.25) is 0 Å². The molecule has 1 amide bonds. The second kappa shape index (κ2) is 7.59. The van der Waals surface area contributed by atoms with Crippen molar-refractivity contribution in [3.05, 3.63) is 28.5 Å². The second-order valence-electron chi connectivity index (χ2n) is 5.47. The normalized spacial score (nSPS) is 20.6. The zero-order valence-corrected chi connectivity index (χ0v) is 14.7. The standard InChI is InChI=1S/C13H18BrN3O.2ClH/c1-13(2)8-17(6-5-11(13)15)12(18)10-4-3-9(14)7-16-10;;/h3-4,7,11H,5-6,8,15H2,1-2H3;2*1H. The molecule has 1 aromatic heterocycles. The molecule has 1 saturated heterocycles. The van der Waals surface area contributed by atoms with Gasteiger partial charge in [-0.3, -0.25) is 4.79 Å². The predicted molar refractivity (Wildman–Crippen MR) is 88.7 cm³/mol. The van der Waals surface area contributed by atoms with E-state index in [1.165, 1.54) is 0 Å². The largest absolute Gasteiger partial charge is 0.337 e. The first-order valence-corrected chi connectivity index (χ1v) is 6.86. The topological polar surface area (TPSA) is 59.2 Å². The van der Waals surface area contributed by atoms with Gasteiger partial charge in [0.1, 0.15) is 5.69 Å². The lowest BCUT2D eigenvalue weighted by Gasteiger charge is -2.42. The average Bonchev–Trinajstić information content (AvgIpc) is 2.33. The molecule has 0 saturated carbocycles. The van der Waals surface area contributed by atoms with E-state index in [9.17, 15) is 4.79 Å². The van der Waals surface area contributed by atoms with Gasteiger partial charge in [-0.2, -0.15) is 0 Å². The Kier molecular flexibility index (Phi) is 7.46. The summed E-state index contributed by atoms with van der Waals surface area (Å²) in [6.07, 6.45) is 2.49. The van der Waals surface area contributed by atoms with E-state index in [0.29, 0.717) is 18.8 Å². The molecule has 1 unspecified atom stereocenters. The van der Waals surface area contributed by atoms with Crippen LogP contribution < -0.4 is 5.73 Å². The summed E-state index contributed by atoms with van der Waals surface area (Å²) in [5.74, 6) is -0.0116. The van der Waals surface area contributed by atoms with Crippen molar-refractivity contribution in [2.24, 2.45) is 11.1 Å².